The fraction of sp³-hybridized carbons (Fsp3) is 0.786. The monoisotopic (exact) mass is 314 g/mol. The van der Waals surface area contributed by atoms with Crippen LogP contribution in [0.15, 0.2) is 11.2 Å². The molecule has 7 heteroatoms. The van der Waals surface area contributed by atoms with Gasteiger partial charge in [-0.3, -0.25) is 0 Å². The average Bonchev–Trinajstić information content (AvgIpc) is 2.87. The van der Waals surface area contributed by atoms with E-state index in [0.29, 0.717) is 19.0 Å². The number of rotatable bonds is 6. The quantitative estimate of drug-likeness (QED) is 0.857. The molecule has 0 saturated carbocycles. The van der Waals surface area contributed by atoms with Crippen LogP contribution in [0.5, 0.6) is 0 Å². The number of hydrogen-bond acceptors (Lipinski definition) is 4. The molecule has 21 heavy (non-hydrogen) atoms. The lowest BCUT2D eigenvalue weighted by Crippen LogP contribution is -2.39. The van der Waals surface area contributed by atoms with Gasteiger partial charge in [0.15, 0.2) is 5.03 Å². The van der Waals surface area contributed by atoms with E-state index in [1.807, 2.05) is 25.5 Å². The van der Waals surface area contributed by atoms with Gasteiger partial charge in [-0.1, -0.05) is 0 Å². The highest BCUT2D eigenvalue weighted by Crippen LogP contribution is 2.25. The van der Waals surface area contributed by atoms with Gasteiger partial charge in [0.1, 0.15) is 5.82 Å². The Morgan fingerprint density at radius 1 is 1.38 bits per heavy atom. The predicted molar refractivity (Wildman–Crippen MR) is 82.7 cm³/mol. The summed E-state index contributed by atoms with van der Waals surface area (Å²) in [5, 5.41) is 3.34. The normalized spacial score (nSPS) is 18.2. The molecule has 1 aliphatic rings. The lowest BCUT2D eigenvalue weighted by atomic mass is 9.95. The highest BCUT2D eigenvalue weighted by molar-refractivity contribution is 7.89. The molecule has 1 aromatic heterocycles. The third-order valence-corrected chi connectivity index (χ3v) is 6.05. The minimum Gasteiger partial charge on any atom is -0.334 e. The van der Waals surface area contributed by atoms with Gasteiger partial charge in [0.05, 0.1) is 0 Å². The second kappa shape index (κ2) is 6.89. The molecule has 2 rings (SSSR count). The Balaban J connectivity index is 2.04. The number of sulfonamides is 1. The first-order chi connectivity index (χ1) is 9.98. The summed E-state index contributed by atoms with van der Waals surface area (Å²) in [6, 6.07) is 0. The van der Waals surface area contributed by atoms with Crippen LogP contribution in [0.4, 0.5) is 0 Å². The second-order valence-corrected chi connectivity index (χ2v) is 7.54. The topological polar surface area (TPSA) is 67.2 Å². The third kappa shape index (κ3) is 3.64. The molecule has 0 aromatic carbocycles. The SMILES string of the molecule is CCn1cc(S(=O)(=O)N2CCC(CCNC)CC2)nc1C. The van der Waals surface area contributed by atoms with Crippen LogP contribution >= 0.6 is 0 Å². The summed E-state index contributed by atoms with van der Waals surface area (Å²) in [7, 11) is -1.48. The maximum atomic E-state index is 12.6. The molecule has 1 aliphatic heterocycles. The van der Waals surface area contributed by atoms with E-state index in [9.17, 15) is 8.42 Å². The van der Waals surface area contributed by atoms with E-state index in [4.69, 9.17) is 0 Å². The van der Waals surface area contributed by atoms with Gasteiger partial charge >= 0.3 is 0 Å². The van der Waals surface area contributed by atoms with Crippen LogP contribution in [0.3, 0.4) is 0 Å². The van der Waals surface area contributed by atoms with Gasteiger partial charge < -0.3 is 9.88 Å². The summed E-state index contributed by atoms with van der Waals surface area (Å²) in [4.78, 5) is 4.22. The fourth-order valence-electron chi connectivity index (χ4n) is 2.84. The van der Waals surface area contributed by atoms with E-state index in [1.165, 1.54) is 0 Å². The Morgan fingerprint density at radius 3 is 2.57 bits per heavy atom. The Morgan fingerprint density at radius 2 is 2.05 bits per heavy atom. The maximum absolute atomic E-state index is 12.6. The van der Waals surface area contributed by atoms with Gasteiger partial charge in [-0.15, -0.1) is 0 Å². The van der Waals surface area contributed by atoms with E-state index < -0.39 is 10.0 Å². The first-order valence-corrected chi connectivity index (χ1v) is 9.11. The molecular weight excluding hydrogens is 288 g/mol. The van der Waals surface area contributed by atoms with Crippen LogP contribution < -0.4 is 5.32 Å². The molecule has 1 N–H and O–H groups in total. The lowest BCUT2D eigenvalue weighted by molar-refractivity contribution is 0.262. The van der Waals surface area contributed by atoms with Crippen molar-refractivity contribution >= 4 is 10.0 Å². The van der Waals surface area contributed by atoms with Crippen LogP contribution in [0, 0.1) is 12.8 Å². The van der Waals surface area contributed by atoms with E-state index in [2.05, 4.69) is 10.3 Å². The zero-order valence-corrected chi connectivity index (χ0v) is 14.0. The number of piperidine rings is 1. The van der Waals surface area contributed by atoms with Crippen LogP contribution in [-0.2, 0) is 16.6 Å². The number of nitrogens with zero attached hydrogens (tertiary/aromatic N) is 3. The Kier molecular flexibility index (Phi) is 5.40. The summed E-state index contributed by atoms with van der Waals surface area (Å²) in [6.07, 6.45) is 4.65. The van der Waals surface area contributed by atoms with Crippen molar-refractivity contribution in [3.63, 3.8) is 0 Å². The lowest BCUT2D eigenvalue weighted by Gasteiger charge is -2.30. The molecule has 1 saturated heterocycles. The van der Waals surface area contributed by atoms with E-state index >= 15 is 0 Å². The van der Waals surface area contributed by atoms with E-state index in [-0.39, 0.29) is 5.03 Å². The average molecular weight is 314 g/mol. The zero-order valence-electron chi connectivity index (χ0n) is 13.2. The number of nitrogens with one attached hydrogen (secondary N) is 1. The molecule has 0 spiro atoms. The van der Waals surface area contributed by atoms with Crippen molar-refractivity contribution in [2.24, 2.45) is 5.92 Å². The Hall–Kier alpha value is -0.920. The third-order valence-electron chi connectivity index (χ3n) is 4.27. The minimum atomic E-state index is -3.43. The van der Waals surface area contributed by atoms with Crippen LogP contribution in [0.2, 0.25) is 0 Å². The smallest absolute Gasteiger partial charge is 0.262 e. The Bertz CT molecular complexity index is 560. The zero-order chi connectivity index (χ0) is 15.5. The molecule has 0 radical (unpaired) electrons. The highest BCUT2D eigenvalue weighted by Gasteiger charge is 2.31. The molecule has 0 atom stereocenters. The van der Waals surface area contributed by atoms with Crippen LogP contribution in [0.1, 0.15) is 32.0 Å². The number of aryl methyl sites for hydroxylation is 2. The second-order valence-electron chi connectivity index (χ2n) is 5.65. The van der Waals surface area contributed by atoms with Crippen molar-refractivity contribution in [3.8, 4) is 0 Å². The first-order valence-electron chi connectivity index (χ1n) is 7.67. The minimum absolute atomic E-state index is 0.190. The van der Waals surface area contributed by atoms with Crippen molar-refractivity contribution in [2.45, 2.75) is 44.7 Å². The van der Waals surface area contributed by atoms with Gasteiger partial charge in [-0.05, 0) is 52.6 Å². The molecule has 0 bridgehead atoms. The molecular formula is C14H26N4O2S. The van der Waals surface area contributed by atoms with E-state index in [1.54, 1.807) is 10.5 Å². The standard InChI is InChI=1S/C14H26N4O2S/c1-4-17-11-14(16-12(17)2)21(19,20)18-9-6-13(7-10-18)5-8-15-3/h11,13,15H,4-10H2,1-3H3. The highest BCUT2D eigenvalue weighted by atomic mass is 32.2. The molecule has 120 valence electrons. The van der Waals surface area contributed by atoms with Crippen molar-refractivity contribution < 1.29 is 8.42 Å². The van der Waals surface area contributed by atoms with Crippen molar-refractivity contribution in [1.82, 2.24) is 19.2 Å². The maximum Gasteiger partial charge on any atom is 0.262 e. The largest absolute Gasteiger partial charge is 0.334 e. The molecule has 6 nitrogen and oxygen atoms in total. The summed E-state index contributed by atoms with van der Waals surface area (Å²) in [6.45, 7) is 6.77. The van der Waals surface area contributed by atoms with Crippen molar-refractivity contribution in [3.05, 3.63) is 12.0 Å². The first kappa shape index (κ1) is 16.5. The van der Waals surface area contributed by atoms with Gasteiger partial charge in [0.2, 0.25) is 0 Å². The van der Waals surface area contributed by atoms with E-state index in [0.717, 1.165) is 38.2 Å². The number of aromatic nitrogens is 2. The summed E-state index contributed by atoms with van der Waals surface area (Å²) >= 11 is 0. The fourth-order valence-corrected chi connectivity index (χ4v) is 4.31. The number of hydrogen-bond donors (Lipinski definition) is 1. The van der Waals surface area contributed by atoms with Gasteiger partial charge in [0, 0.05) is 25.8 Å². The van der Waals surface area contributed by atoms with Crippen molar-refractivity contribution in [1.29, 1.82) is 0 Å². The molecule has 2 heterocycles. The van der Waals surface area contributed by atoms with Crippen LogP contribution in [0.25, 0.3) is 0 Å². The summed E-state index contributed by atoms with van der Waals surface area (Å²) in [5.74, 6) is 1.37. The van der Waals surface area contributed by atoms with Gasteiger partial charge in [-0.25, -0.2) is 13.4 Å². The van der Waals surface area contributed by atoms with Crippen LogP contribution in [-0.4, -0.2) is 49.0 Å². The number of imidazole rings is 1. The predicted octanol–water partition coefficient (Wildman–Crippen LogP) is 1.22. The molecule has 1 fully saturated rings. The molecule has 0 unspecified atom stereocenters. The molecule has 0 aliphatic carbocycles. The summed E-state index contributed by atoms with van der Waals surface area (Å²) < 4.78 is 28.7. The van der Waals surface area contributed by atoms with Crippen molar-refractivity contribution in [2.75, 3.05) is 26.7 Å². The summed E-state index contributed by atoms with van der Waals surface area (Å²) in [5.41, 5.74) is 0. The Labute approximate surface area is 127 Å². The van der Waals surface area contributed by atoms with Gasteiger partial charge in [-0.2, -0.15) is 4.31 Å². The molecule has 1 aromatic rings. The molecule has 0 amide bonds. The van der Waals surface area contributed by atoms with Gasteiger partial charge in [0.25, 0.3) is 10.0 Å².